The molecule has 0 amide bonds. The van der Waals surface area contributed by atoms with Crippen molar-refractivity contribution in [1.29, 1.82) is 0 Å². The lowest BCUT2D eigenvalue weighted by Crippen LogP contribution is -2.23. The SMILES string of the molecule is CCCCCCCCCC1CCC(C2CC=CC=C2c2cc(F)cc(F)c2)CC1. The van der Waals surface area contributed by atoms with Gasteiger partial charge < -0.3 is 0 Å². The fourth-order valence-electron chi connectivity index (χ4n) is 5.39. The van der Waals surface area contributed by atoms with Gasteiger partial charge in [-0.15, -0.1) is 0 Å². The highest BCUT2D eigenvalue weighted by Gasteiger charge is 2.30. The Hall–Kier alpha value is -1.44. The van der Waals surface area contributed by atoms with Crippen molar-refractivity contribution >= 4 is 5.57 Å². The van der Waals surface area contributed by atoms with Gasteiger partial charge in [0.25, 0.3) is 0 Å². The van der Waals surface area contributed by atoms with Crippen LogP contribution in [0.5, 0.6) is 0 Å². The van der Waals surface area contributed by atoms with Crippen LogP contribution in [0.2, 0.25) is 0 Å². The molecule has 0 N–H and O–H groups in total. The summed E-state index contributed by atoms with van der Waals surface area (Å²) in [6, 6.07) is 3.95. The van der Waals surface area contributed by atoms with E-state index in [2.05, 4.69) is 19.1 Å². The van der Waals surface area contributed by atoms with E-state index in [1.54, 1.807) is 0 Å². The van der Waals surface area contributed by atoms with Crippen molar-refractivity contribution in [1.82, 2.24) is 0 Å². The predicted molar refractivity (Wildman–Crippen MR) is 120 cm³/mol. The van der Waals surface area contributed by atoms with E-state index in [1.807, 2.05) is 6.08 Å². The van der Waals surface area contributed by atoms with Crippen LogP contribution in [0.4, 0.5) is 8.78 Å². The molecular weight excluding hydrogens is 362 g/mol. The quantitative estimate of drug-likeness (QED) is 0.344. The minimum Gasteiger partial charge on any atom is -0.207 e. The Morgan fingerprint density at radius 1 is 0.828 bits per heavy atom. The smallest absolute Gasteiger partial charge is 0.126 e. The summed E-state index contributed by atoms with van der Waals surface area (Å²) >= 11 is 0. The summed E-state index contributed by atoms with van der Waals surface area (Å²) in [4.78, 5) is 0. The van der Waals surface area contributed by atoms with Crippen LogP contribution >= 0.6 is 0 Å². The Bertz CT molecular complexity index is 660. The van der Waals surface area contributed by atoms with E-state index in [4.69, 9.17) is 0 Å². The third kappa shape index (κ3) is 6.79. The van der Waals surface area contributed by atoms with Gasteiger partial charge in [0.2, 0.25) is 0 Å². The number of benzene rings is 1. The van der Waals surface area contributed by atoms with Gasteiger partial charge in [-0.05, 0) is 60.3 Å². The summed E-state index contributed by atoms with van der Waals surface area (Å²) < 4.78 is 27.5. The molecule has 0 bridgehead atoms. The third-order valence-electron chi connectivity index (χ3n) is 7.07. The van der Waals surface area contributed by atoms with Crippen LogP contribution in [0.25, 0.3) is 5.57 Å². The second kappa shape index (κ2) is 11.7. The van der Waals surface area contributed by atoms with E-state index >= 15 is 0 Å². The summed E-state index contributed by atoms with van der Waals surface area (Å²) in [5.74, 6) is 0.976. The molecule has 1 aromatic carbocycles. The van der Waals surface area contributed by atoms with Crippen molar-refractivity contribution < 1.29 is 8.78 Å². The van der Waals surface area contributed by atoms with Gasteiger partial charge in [0.15, 0.2) is 0 Å². The molecule has 0 spiro atoms. The van der Waals surface area contributed by atoms with Crippen LogP contribution in [0.3, 0.4) is 0 Å². The van der Waals surface area contributed by atoms with Crippen molar-refractivity contribution in [2.75, 3.05) is 0 Å². The molecule has 2 aliphatic rings. The second-order valence-electron chi connectivity index (χ2n) is 9.24. The van der Waals surface area contributed by atoms with Crippen LogP contribution in [0.15, 0.2) is 36.4 Å². The van der Waals surface area contributed by atoms with Gasteiger partial charge in [0.1, 0.15) is 11.6 Å². The van der Waals surface area contributed by atoms with Gasteiger partial charge in [-0.2, -0.15) is 0 Å². The Balaban J connectivity index is 1.46. The first-order valence-electron chi connectivity index (χ1n) is 12.0. The summed E-state index contributed by atoms with van der Waals surface area (Å²) in [7, 11) is 0. The molecule has 0 nitrogen and oxygen atoms in total. The van der Waals surface area contributed by atoms with Crippen molar-refractivity contribution in [3.63, 3.8) is 0 Å². The zero-order valence-corrected chi connectivity index (χ0v) is 18.1. The molecule has 160 valence electrons. The first-order chi connectivity index (χ1) is 14.2. The maximum absolute atomic E-state index is 13.8. The summed E-state index contributed by atoms with van der Waals surface area (Å²) in [6.45, 7) is 2.27. The predicted octanol–water partition coefficient (Wildman–Crippen LogP) is 8.87. The summed E-state index contributed by atoms with van der Waals surface area (Å²) in [6.07, 6.45) is 23.6. The monoisotopic (exact) mass is 400 g/mol. The summed E-state index contributed by atoms with van der Waals surface area (Å²) in [5, 5.41) is 0. The highest BCUT2D eigenvalue weighted by atomic mass is 19.1. The molecule has 1 fully saturated rings. The number of allylic oxidation sites excluding steroid dienone is 4. The standard InChI is InChI=1S/C27H38F2/c1-2-3-4-5-6-7-8-11-21-14-16-22(17-15-21)26-12-9-10-13-27(26)23-18-24(28)20-25(29)19-23/h9-10,13,18-22,26H,2-8,11-12,14-17H2,1H3. The zero-order chi connectivity index (χ0) is 20.5. The topological polar surface area (TPSA) is 0 Å². The van der Waals surface area contributed by atoms with Gasteiger partial charge >= 0.3 is 0 Å². The maximum Gasteiger partial charge on any atom is 0.126 e. The molecule has 0 aromatic heterocycles. The Labute approximate surface area is 176 Å². The van der Waals surface area contributed by atoms with E-state index in [0.717, 1.165) is 29.5 Å². The Morgan fingerprint density at radius 3 is 2.17 bits per heavy atom. The molecule has 1 saturated carbocycles. The molecular formula is C27H38F2. The largest absolute Gasteiger partial charge is 0.207 e. The third-order valence-corrected chi connectivity index (χ3v) is 7.07. The lowest BCUT2D eigenvalue weighted by atomic mass is 9.69. The highest BCUT2D eigenvalue weighted by molar-refractivity contribution is 5.70. The van der Waals surface area contributed by atoms with E-state index in [1.165, 1.54) is 89.2 Å². The van der Waals surface area contributed by atoms with Gasteiger partial charge in [0, 0.05) is 6.07 Å². The lowest BCUT2D eigenvalue weighted by Gasteiger charge is -2.36. The fourth-order valence-corrected chi connectivity index (χ4v) is 5.39. The van der Waals surface area contributed by atoms with Gasteiger partial charge in [-0.25, -0.2) is 8.78 Å². The molecule has 2 aliphatic carbocycles. The normalized spacial score (nSPS) is 24.5. The summed E-state index contributed by atoms with van der Waals surface area (Å²) in [5.41, 5.74) is 1.85. The first kappa shape index (κ1) is 22.2. The van der Waals surface area contributed by atoms with E-state index in [-0.39, 0.29) is 0 Å². The minimum absolute atomic E-state index is 0.403. The highest BCUT2D eigenvalue weighted by Crippen LogP contribution is 2.43. The van der Waals surface area contributed by atoms with Crippen LogP contribution in [-0.2, 0) is 0 Å². The molecule has 1 unspecified atom stereocenters. The van der Waals surface area contributed by atoms with Gasteiger partial charge in [-0.3, -0.25) is 0 Å². The van der Waals surface area contributed by atoms with Crippen LogP contribution in [-0.4, -0.2) is 0 Å². The lowest BCUT2D eigenvalue weighted by molar-refractivity contribution is 0.222. The molecule has 0 heterocycles. The molecule has 3 rings (SSSR count). The molecule has 0 aliphatic heterocycles. The molecule has 29 heavy (non-hydrogen) atoms. The number of unbranched alkanes of at least 4 members (excludes halogenated alkanes) is 6. The van der Waals surface area contributed by atoms with E-state index < -0.39 is 11.6 Å². The van der Waals surface area contributed by atoms with Gasteiger partial charge in [-0.1, -0.05) is 89.4 Å². The van der Waals surface area contributed by atoms with Crippen molar-refractivity contribution in [3.05, 3.63) is 53.6 Å². The molecule has 0 radical (unpaired) electrons. The Kier molecular flexibility index (Phi) is 8.95. The van der Waals surface area contributed by atoms with Crippen molar-refractivity contribution in [2.45, 2.75) is 90.4 Å². The number of hydrogen-bond donors (Lipinski definition) is 0. The molecule has 1 aromatic rings. The first-order valence-corrected chi connectivity index (χ1v) is 12.0. The van der Waals surface area contributed by atoms with E-state index in [9.17, 15) is 8.78 Å². The average Bonchev–Trinajstić information content (AvgIpc) is 2.73. The van der Waals surface area contributed by atoms with Gasteiger partial charge in [0.05, 0.1) is 0 Å². The van der Waals surface area contributed by atoms with Crippen molar-refractivity contribution in [2.24, 2.45) is 17.8 Å². The van der Waals surface area contributed by atoms with Crippen LogP contribution in [0.1, 0.15) is 96.0 Å². The zero-order valence-electron chi connectivity index (χ0n) is 18.1. The van der Waals surface area contributed by atoms with Crippen molar-refractivity contribution in [3.8, 4) is 0 Å². The Morgan fingerprint density at radius 2 is 1.48 bits per heavy atom. The number of rotatable bonds is 10. The average molecular weight is 401 g/mol. The van der Waals surface area contributed by atoms with Crippen LogP contribution in [0, 0.1) is 29.4 Å². The molecule has 2 heteroatoms. The minimum atomic E-state index is -0.479. The molecule has 0 saturated heterocycles. The van der Waals surface area contributed by atoms with Crippen LogP contribution < -0.4 is 0 Å². The number of hydrogen-bond acceptors (Lipinski definition) is 0. The molecule has 1 atom stereocenters. The number of halogens is 2. The van der Waals surface area contributed by atoms with E-state index in [0.29, 0.717) is 11.8 Å². The maximum atomic E-state index is 13.8. The fraction of sp³-hybridized carbons (Fsp3) is 0.630. The second-order valence-corrected chi connectivity index (χ2v) is 9.24.